The maximum Gasteiger partial charge on any atom is 0.148 e. The molecule has 0 aromatic heterocycles. The Morgan fingerprint density at radius 2 is 1.62 bits per heavy atom. The van der Waals surface area contributed by atoms with Crippen molar-refractivity contribution >= 4 is 5.84 Å². The van der Waals surface area contributed by atoms with Crippen LogP contribution in [0, 0.1) is 0 Å². The minimum atomic E-state index is -0.0950. The summed E-state index contributed by atoms with van der Waals surface area (Å²) < 4.78 is 0. The van der Waals surface area contributed by atoms with Crippen molar-refractivity contribution < 1.29 is 5.11 Å². The second-order valence-corrected chi connectivity index (χ2v) is 5.13. The summed E-state index contributed by atoms with van der Waals surface area (Å²) in [6, 6.07) is 20.5. The standard InChI is InChI=1S/C17H19N3O/c1-14-18-20(13-21)17(16-10-6-3-7-11-16)19(14)12-15-8-4-2-5-9-15/h2-11,17,21H,12-13H2,1H3. The number of rotatable bonds is 4. The van der Waals surface area contributed by atoms with Gasteiger partial charge in [0.2, 0.25) is 0 Å². The molecule has 1 aliphatic heterocycles. The molecule has 108 valence electrons. The molecule has 0 aliphatic carbocycles. The van der Waals surface area contributed by atoms with Crippen LogP contribution in [-0.2, 0) is 6.54 Å². The molecule has 0 fully saturated rings. The molecule has 2 aromatic carbocycles. The van der Waals surface area contributed by atoms with Gasteiger partial charge in [-0.1, -0.05) is 60.7 Å². The van der Waals surface area contributed by atoms with E-state index in [0.717, 1.165) is 17.9 Å². The van der Waals surface area contributed by atoms with E-state index in [1.54, 1.807) is 5.01 Å². The van der Waals surface area contributed by atoms with E-state index in [1.807, 2.05) is 43.3 Å². The van der Waals surface area contributed by atoms with E-state index < -0.39 is 0 Å². The molecule has 21 heavy (non-hydrogen) atoms. The number of hydrazone groups is 1. The highest BCUT2D eigenvalue weighted by Crippen LogP contribution is 2.31. The van der Waals surface area contributed by atoms with Crippen molar-refractivity contribution in [2.45, 2.75) is 19.6 Å². The highest BCUT2D eigenvalue weighted by molar-refractivity contribution is 5.81. The van der Waals surface area contributed by atoms with Crippen molar-refractivity contribution in [2.75, 3.05) is 6.73 Å². The first-order chi connectivity index (χ1) is 10.3. The van der Waals surface area contributed by atoms with Gasteiger partial charge in [-0.2, -0.15) is 5.10 Å². The van der Waals surface area contributed by atoms with Crippen LogP contribution in [0.15, 0.2) is 65.8 Å². The first-order valence-corrected chi connectivity index (χ1v) is 7.08. The van der Waals surface area contributed by atoms with Crippen LogP contribution < -0.4 is 0 Å². The lowest BCUT2D eigenvalue weighted by Crippen LogP contribution is -2.34. The van der Waals surface area contributed by atoms with E-state index in [9.17, 15) is 5.11 Å². The largest absolute Gasteiger partial charge is 0.375 e. The summed E-state index contributed by atoms with van der Waals surface area (Å²) in [6.07, 6.45) is -0.0589. The van der Waals surface area contributed by atoms with Gasteiger partial charge in [0.1, 0.15) is 18.7 Å². The molecule has 4 nitrogen and oxygen atoms in total. The Bertz CT molecular complexity index is 612. The molecule has 1 unspecified atom stereocenters. The lowest BCUT2D eigenvalue weighted by Gasteiger charge is -2.31. The number of nitrogens with zero attached hydrogens (tertiary/aromatic N) is 3. The molecular formula is C17H19N3O. The molecule has 0 saturated carbocycles. The zero-order valence-electron chi connectivity index (χ0n) is 12.1. The van der Waals surface area contributed by atoms with Gasteiger partial charge >= 0.3 is 0 Å². The summed E-state index contributed by atoms with van der Waals surface area (Å²) in [5, 5.41) is 15.8. The van der Waals surface area contributed by atoms with Gasteiger partial charge in [-0.3, -0.25) is 0 Å². The molecule has 0 amide bonds. The summed E-state index contributed by atoms with van der Waals surface area (Å²) in [5.74, 6) is 0.918. The van der Waals surface area contributed by atoms with Gasteiger partial charge in [-0.05, 0) is 18.1 Å². The lowest BCUT2D eigenvalue weighted by molar-refractivity contribution is 0.0363. The van der Waals surface area contributed by atoms with Crippen LogP contribution in [0.2, 0.25) is 0 Å². The molecular weight excluding hydrogens is 262 g/mol. The molecule has 0 bridgehead atoms. The molecule has 2 aromatic rings. The van der Waals surface area contributed by atoms with Gasteiger partial charge in [0.05, 0.1) is 0 Å². The number of hydrogen-bond acceptors (Lipinski definition) is 4. The molecule has 3 rings (SSSR count). The fourth-order valence-electron chi connectivity index (χ4n) is 2.70. The van der Waals surface area contributed by atoms with Crippen molar-refractivity contribution in [3.05, 3.63) is 71.8 Å². The predicted octanol–water partition coefficient (Wildman–Crippen LogP) is 2.79. The molecule has 0 radical (unpaired) electrons. The van der Waals surface area contributed by atoms with E-state index in [2.05, 4.69) is 34.3 Å². The molecule has 0 saturated heterocycles. The zero-order valence-corrected chi connectivity index (χ0v) is 12.1. The van der Waals surface area contributed by atoms with E-state index in [1.165, 1.54) is 5.56 Å². The van der Waals surface area contributed by atoms with Crippen LogP contribution in [0.25, 0.3) is 0 Å². The number of aliphatic hydroxyl groups is 1. The van der Waals surface area contributed by atoms with Gasteiger partial charge in [0.15, 0.2) is 0 Å². The number of amidine groups is 1. The van der Waals surface area contributed by atoms with Crippen LogP contribution in [0.4, 0.5) is 0 Å². The van der Waals surface area contributed by atoms with Gasteiger partial charge < -0.3 is 10.0 Å². The number of aliphatic hydroxyl groups excluding tert-OH is 1. The molecule has 0 spiro atoms. The fraction of sp³-hybridized carbons (Fsp3) is 0.235. The van der Waals surface area contributed by atoms with Crippen LogP contribution in [-0.4, -0.2) is 27.6 Å². The monoisotopic (exact) mass is 281 g/mol. The van der Waals surface area contributed by atoms with Gasteiger partial charge in [-0.15, -0.1) is 0 Å². The third-order valence-corrected chi connectivity index (χ3v) is 3.70. The summed E-state index contributed by atoms with van der Waals surface area (Å²) in [6.45, 7) is 2.66. The highest BCUT2D eigenvalue weighted by Gasteiger charge is 2.32. The van der Waals surface area contributed by atoms with E-state index >= 15 is 0 Å². The smallest absolute Gasteiger partial charge is 0.148 e. The van der Waals surface area contributed by atoms with Crippen molar-refractivity contribution in [3.8, 4) is 0 Å². The maximum absolute atomic E-state index is 9.59. The summed E-state index contributed by atoms with van der Waals surface area (Å²) in [7, 11) is 0. The van der Waals surface area contributed by atoms with Gasteiger partial charge in [0.25, 0.3) is 0 Å². The lowest BCUT2D eigenvalue weighted by atomic mass is 10.1. The third kappa shape index (κ3) is 2.76. The average Bonchev–Trinajstić information content (AvgIpc) is 2.85. The van der Waals surface area contributed by atoms with Crippen LogP contribution in [0.5, 0.6) is 0 Å². The second kappa shape index (κ2) is 5.97. The van der Waals surface area contributed by atoms with Crippen molar-refractivity contribution in [1.82, 2.24) is 9.91 Å². The predicted molar refractivity (Wildman–Crippen MR) is 83.2 cm³/mol. The van der Waals surface area contributed by atoms with E-state index in [0.29, 0.717) is 0 Å². The Morgan fingerprint density at radius 3 is 2.24 bits per heavy atom. The molecule has 1 N–H and O–H groups in total. The van der Waals surface area contributed by atoms with Crippen molar-refractivity contribution in [3.63, 3.8) is 0 Å². The molecule has 1 atom stereocenters. The third-order valence-electron chi connectivity index (χ3n) is 3.70. The molecule has 4 heteroatoms. The van der Waals surface area contributed by atoms with E-state index in [-0.39, 0.29) is 12.9 Å². The topological polar surface area (TPSA) is 39.1 Å². The Labute approximate surface area is 124 Å². The van der Waals surface area contributed by atoms with E-state index in [4.69, 9.17) is 0 Å². The Hall–Kier alpha value is -2.33. The quantitative estimate of drug-likeness (QED) is 0.936. The van der Waals surface area contributed by atoms with Gasteiger partial charge in [-0.25, -0.2) is 5.01 Å². The van der Waals surface area contributed by atoms with Crippen molar-refractivity contribution in [1.29, 1.82) is 0 Å². The maximum atomic E-state index is 9.59. The van der Waals surface area contributed by atoms with Crippen LogP contribution in [0.3, 0.4) is 0 Å². The first kappa shape index (κ1) is 13.6. The number of hydrogen-bond donors (Lipinski definition) is 1. The highest BCUT2D eigenvalue weighted by atomic mass is 16.3. The van der Waals surface area contributed by atoms with Crippen LogP contribution >= 0.6 is 0 Å². The first-order valence-electron chi connectivity index (χ1n) is 7.08. The SMILES string of the molecule is CC1=NN(CO)C(c2ccccc2)N1Cc1ccccc1. The fourth-order valence-corrected chi connectivity index (χ4v) is 2.70. The Morgan fingerprint density at radius 1 is 1.00 bits per heavy atom. The van der Waals surface area contributed by atoms with Gasteiger partial charge in [0, 0.05) is 6.54 Å². The van der Waals surface area contributed by atoms with Crippen molar-refractivity contribution in [2.24, 2.45) is 5.10 Å². The minimum absolute atomic E-state index is 0.0589. The summed E-state index contributed by atoms with van der Waals surface area (Å²) >= 11 is 0. The second-order valence-electron chi connectivity index (χ2n) is 5.13. The Kier molecular flexibility index (Phi) is 3.88. The molecule has 1 heterocycles. The normalized spacial score (nSPS) is 18.0. The average molecular weight is 281 g/mol. The minimum Gasteiger partial charge on any atom is -0.375 e. The summed E-state index contributed by atoms with van der Waals surface area (Å²) in [4.78, 5) is 2.21. The number of benzene rings is 2. The molecule has 1 aliphatic rings. The van der Waals surface area contributed by atoms with Crippen LogP contribution in [0.1, 0.15) is 24.2 Å². The Balaban J connectivity index is 1.91. The zero-order chi connectivity index (χ0) is 14.7. The summed E-state index contributed by atoms with van der Waals surface area (Å²) in [5.41, 5.74) is 2.36.